The summed E-state index contributed by atoms with van der Waals surface area (Å²) >= 11 is 7.04. The molecule has 0 unspecified atom stereocenters. The van der Waals surface area contributed by atoms with Crippen molar-refractivity contribution in [2.75, 3.05) is 39.5 Å². The number of hydrogen-bond acceptors (Lipinski definition) is 8. The van der Waals surface area contributed by atoms with Crippen LogP contribution in [0.4, 0.5) is 5.82 Å². The molecular formula is C21H26ClN7O4S. The Labute approximate surface area is 205 Å². The van der Waals surface area contributed by atoms with Crippen molar-refractivity contribution in [2.24, 2.45) is 0 Å². The van der Waals surface area contributed by atoms with Gasteiger partial charge in [0.25, 0.3) is 5.91 Å². The van der Waals surface area contributed by atoms with E-state index in [1.54, 1.807) is 0 Å². The molecule has 2 aromatic heterocycles. The summed E-state index contributed by atoms with van der Waals surface area (Å²) in [6.45, 7) is 2.73. The van der Waals surface area contributed by atoms with E-state index in [4.69, 9.17) is 11.6 Å². The van der Waals surface area contributed by atoms with Crippen LogP contribution < -0.4 is 16.0 Å². The molecule has 2 aromatic rings. The molecule has 0 saturated carbocycles. The van der Waals surface area contributed by atoms with E-state index in [9.17, 15) is 19.2 Å². The van der Waals surface area contributed by atoms with Gasteiger partial charge >= 0.3 is 11.8 Å². The zero-order valence-electron chi connectivity index (χ0n) is 19.3. The first kappa shape index (κ1) is 25.5. The molecule has 0 aromatic carbocycles. The van der Waals surface area contributed by atoms with Gasteiger partial charge in [-0.3, -0.25) is 19.2 Å². The molecular weight excluding hydrogens is 482 g/mol. The zero-order chi connectivity index (χ0) is 25.0. The van der Waals surface area contributed by atoms with Gasteiger partial charge in [0, 0.05) is 51.2 Å². The van der Waals surface area contributed by atoms with Crippen LogP contribution in [0.2, 0.25) is 5.02 Å². The van der Waals surface area contributed by atoms with Gasteiger partial charge in [0.15, 0.2) is 5.01 Å². The first-order chi connectivity index (χ1) is 16.0. The lowest BCUT2D eigenvalue weighted by Crippen LogP contribution is -2.62. The van der Waals surface area contributed by atoms with E-state index in [0.717, 1.165) is 23.5 Å². The summed E-state index contributed by atoms with van der Waals surface area (Å²) < 4.78 is 0. The molecule has 3 heterocycles. The van der Waals surface area contributed by atoms with E-state index >= 15 is 0 Å². The molecule has 3 rings (SSSR count). The first-order valence-corrected chi connectivity index (χ1v) is 11.6. The van der Waals surface area contributed by atoms with E-state index in [0.29, 0.717) is 11.6 Å². The van der Waals surface area contributed by atoms with Crippen LogP contribution in [0.15, 0.2) is 18.3 Å². The summed E-state index contributed by atoms with van der Waals surface area (Å²) in [5.74, 6) is -2.80. The molecule has 1 atom stereocenters. The largest absolute Gasteiger partial charge is 0.347 e. The number of hydrogen-bond donors (Lipinski definition) is 3. The van der Waals surface area contributed by atoms with E-state index in [1.807, 2.05) is 7.05 Å². The van der Waals surface area contributed by atoms with Crippen molar-refractivity contribution in [1.29, 1.82) is 0 Å². The van der Waals surface area contributed by atoms with Crippen molar-refractivity contribution in [3.8, 4) is 0 Å². The maximum atomic E-state index is 13.0. The summed E-state index contributed by atoms with van der Waals surface area (Å²) in [6.07, 6.45) is 2.07. The fourth-order valence-corrected chi connectivity index (χ4v) is 4.55. The van der Waals surface area contributed by atoms with Crippen molar-refractivity contribution in [3.63, 3.8) is 0 Å². The normalized spacial score (nSPS) is 15.0. The third kappa shape index (κ3) is 6.07. The van der Waals surface area contributed by atoms with E-state index < -0.39 is 29.2 Å². The number of rotatable bonds is 6. The molecule has 4 amide bonds. The molecule has 1 aliphatic rings. The Morgan fingerprint density at radius 3 is 2.62 bits per heavy atom. The van der Waals surface area contributed by atoms with E-state index in [2.05, 4.69) is 30.8 Å². The SMILES string of the molecule is CN1CCc2nc(C(=O)N[C@@](C)(CNC(=O)C(=O)Nc3ccc(Cl)cn3)C(=O)N(C)C)sc2C1. The Morgan fingerprint density at radius 2 is 1.97 bits per heavy atom. The van der Waals surface area contributed by atoms with Crippen LogP contribution in [0.5, 0.6) is 0 Å². The van der Waals surface area contributed by atoms with Crippen LogP contribution in [0.1, 0.15) is 27.3 Å². The Hall–Kier alpha value is -3.09. The van der Waals surface area contributed by atoms with Crippen LogP contribution in [0, 0.1) is 0 Å². The summed E-state index contributed by atoms with van der Waals surface area (Å²) in [5.41, 5.74) is -0.632. The van der Waals surface area contributed by atoms with Gasteiger partial charge in [0.05, 0.1) is 10.7 Å². The second kappa shape index (κ2) is 10.5. The Kier molecular flexibility index (Phi) is 7.85. The molecule has 11 nitrogen and oxygen atoms in total. The van der Waals surface area contributed by atoms with Crippen molar-refractivity contribution < 1.29 is 19.2 Å². The molecule has 182 valence electrons. The minimum absolute atomic E-state index is 0.142. The average molecular weight is 508 g/mol. The molecule has 1 aliphatic heterocycles. The summed E-state index contributed by atoms with van der Waals surface area (Å²) in [5, 5.41) is 8.07. The number of nitrogens with zero attached hydrogens (tertiary/aromatic N) is 4. The van der Waals surface area contributed by atoms with Gasteiger partial charge in [-0.25, -0.2) is 9.97 Å². The number of aromatic nitrogens is 2. The third-order valence-corrected chi connectivity index (χ3v) is 6.47. The van der Waals surface area contributed by atoms with Gasteiger partial charge in [-0.05, 0) is 26.1 Å². The standard InChI is InChI=1S/C21H26ClN7O4S/c1-21(20(33)28(2)3,11-24-16(30)17(31)26-15-6-5-12(22)9-23-15)27-18(32)19-25-13-7-8-29(4)10-14(13)34-19/h5-6,9H,7-8,10-11H2,1-4H3,(H,24,30)(H,27,32)(H,23,26,31)/t21-/m0/s1. The van der Waals surface area contributed by atoms with Crippen LogP contribution in [-0.4, -0.2) is 83.2 Å². The lowest BCUT2D eigenvalue weighted by Gasteiger charge is -2.31. The fraction of sp³-hybridized carbons (Fsp3) is 0.429. The number of halogens is 1. The highest BCUT2D eigenvalue weighted by atomic mass is 35.5. The molecule has 0 bridgehead atoms. The number of pyridine rings is 1. The zero-order valence-corrected chi connectivity index (χ0v) is 20.8. The van der Waals surface area contributed by atoms with E-state index in [-0.39, 0.29) is 17.4 Å². The Morgan fingerprint density at radius 1 is 1.24 bits per heavy atom. The highest BCUT2D eigenvalue weighted by Gasteiger charge is 2.38. The van der Waals surface area contributed by atoms with E-state index in [1.165, 1.54) is 55.6 Å². The predicted molar refractivity (Wildman–Crippen MR) is 128 cm³/mol. The monoisotopic (exact) mass is 507 g/mol. The molecule has 0 saturated heterocycles. The summed E-state index contributed by atoms with van der Waals surface area (Å²) in [4.78, 5) is 63.2. The molecule has 0 fully saturated rings. The maximum Gasteiger partial charge on any atom is 0.314 e. The molecule has 34 heavy (non-hydrogen) atoms. The van der Waals surface area contributed by atoms with Gasteiger partial charge in [0.1, 0.15) is 11.4 Å². The van der Waals surface area contributed by atoms with Crippen molar-refractivity contribution >= 4 is 52.4 Å². The number of anilines is 1. The number of fused-ring (bicyclic) bond motifs is 1. The van der Waals surface area contributed by atoms with Gasteiger partial charge < -0.3 is 25.8 Å². The average Bonchev–Trinajstić information content (AvgIpc) is 3.21. The van der Waals surface area contributed by atoms with Crippen LogP contribution >= 0.6 is 22.9 Å². The van der Waals surface area contributed by atoms with Crippen LogP contribution in [0.25, 0.3) is 0 Å². The number of likely N-dealkylation sites (N-methyl/N-ethyl adjacent to an activating group) is 2. The lowest BCUT2D eigenvalue weighted by atomic mass is 10.00. The molecule has 13 heteroatoms. The van der Waals surface area contributed by atoms with Crippen LogP contribution in [0.3, 0.4) is 0 Å². The second-order valence-electron chi connectivity index (χ2n) is 8.36. The molecule has 0 spiro atoms. The number of carbonyl (C=O) groups excluding carboxylic acids is 4. The third-order valence-electron chi connectivity index (χ3n) is 5.16. The van der Waals surface area contributed by atoms with Crippen molar-refractivity contribution in [3.05, 3.63) is 38.9 Å². The highest BCUT2D eigenvalue weighted by molar-refractivity contribution is 7.13. The maximum absolute atomic E-state index is 13.0. The molecule has 0 aliphatic carbocycles. The van der Waals surface area contributed by atoms with Gasteiger partial charge in [0.2, 0.25) is 5.91 Å². The topological polar surface area (TPSA) is 137 Å². The smallest absolute Gasteiger partial charge is 0.314 e. The predicted octanol–water partition coefficient (Wildman–Crippen LogP) is 0.511. The summed E-state index contributed by atoms with van der Waals surface area (Å²) in [7, 11) is 5.06. The molecule has 0 radical (unpaired) electrons. The Balaban J connectivity index is 1.68. The summed E-state index contributed by atoms with van der Waals surface area (Å²) in [6, 6.07) is 2.96. The fourth-order valence-electron chi connectivity index (χ4n) is 3.35. The number of amides is 4. The number of carbonyl (C=O) groups is 4. The quantitative estimate of drug-likeness (QED) is 0.484. The first-order valence-electron chi connectivity index (χ1n) is 10.4. The Bertz CT molecular complexity index is 1110. The van der Waals surface area contributed by atoms with Crippen molar-refractivity contribution in [2.45, 2.75) is 25.4 Å². The second-order valence-corrected chi connectivity index (χ2v) is 9.88. The van der Waals surface area contributed by atoms with Crippen LogP contribution in [-0.2, 0) is 27.3 Å². The van der Waals surface area contributed by atoms with Crippen molar-refractivity contribution in [1.82, 2.24) is 30.4 Å². The van der Waals surface area contributed by atoms with Gasteiger partial charge in [-0.1, -0.05) is 11.6 Å². The number of nitrogens with one attached hydrogen (secondary N) is 3. The lowest BCUT2D eigenvalue weighted by molar-refractivity contribution is -0.138. The minimum atomic E-state index is -1.52. The van der Waals surface area contributed by atoms with Gasteiger partial charge in [-0.2, -0.15) is 0 Å². The number of thiazole rings is 1. The molecule has 3 N–H and O–H groups in total. The minimum Gasteiger partial charge on any atom is -0.347 e. The van der Waals surface area contributed by atoms with Gasteiger partial charge in [-0.15, -0.1) is 11.3 Å². The highest BCUT2D eigenvalue weighted by Crippen LogP contribution is 2.25.